The molecule has 0 aliphatic rings. The fourth-order valence-electron chi connectivity index (χ4n) is 7.66. The van der Waals surface area contributed by atoms with E-state index in [1.165, 1.54) is 43.1 Å². The van der Waals surface area contributed by atoms with Gasteiger partial charge in [-0.1, -0.05) is 103 Å². The second kappa shape index (κ2) is 8.63. The summed E-state index contributed by atoms with van der Waals surface area (Å²) < 4.78 is 16.5. The van der Waals surface area contributed by atoms with Crippen LogP contribution in [-0.4, -0.2) is 4.98 Å². The van der Waals surface area contributed by atoms with Gasteiger partial charge in [0.1, 0.15) is 0 Å². The molecule has 0 N–H and O–H groups in total. The fraction of sp³-hybridized carbons (Fsp3) is 0. The van der Waals surface area contributed by atoms with Crippen molar-refractivity contribution in [3.63, 3.8) is 0 Å². The lowest BCUT2D eigenvalue weighted by Crippen LogP contribution is -2.26. The van der Waals surface area contributed by atoms with Crippen molar-refractivity contribution < 1.29 is 4.57 Å². The third-order valence-electron chi connectivity index (χ3n) is 9.64. The van der Waals surface area contributed by atoms with Gasteiger partial charge in [0.05, 0.1) is 5.52 Å². The second-order valence-corrected chi connectivity index (χ2v) is 14.6. The summed E-state index contributed by atoms with van der Waals surface area (Å²) >= 11 is 0. The summed E-state index contributed by atoms with van der Waals surface area (Å²) in [5, 5.41) is 17.6. The van der Waals surface area contributed by atoms with Crippen LogP contribution in [0.2, 0.25) is 0 Å². The van der Waals surface area contributed by atoms with E-state index >= 15 is 4.57 Å². The Morgan fingerprint density at radius 2 is 0.864 bits per heavy atom. The lowest BCUT2D eigenvalue weighted by Gasteiger charge is -2.25. The van der Waals surface area contributed by atoms with Crippen molar-refractivity contribution in [1.82, 2.24) is 4.98 Å². The Hall–Kier alpha value is -5.30. The summed E-state index contributed by atoms with van der Waals surface area (Å²) in [5.41, 5.74) is 0.897. The lowest BCUT2D eigenvalue weighted by molar-refractivity contribution is 0.593. The van der Waals surface area contributed by atoms with Crippen LogP contribution in [0.4, 0.5) is 0 Å². The van der Waals surface area contributed by atoms with E-state index in [4.69, 9.17) is 0 Å². The molecular formula is C41H24NOP. The topological polar surface area (TPSA) is 30.0 Å². The Bertz CT molecular complexity index is 2630. The molecule has 0 spiro atoms. The van der Waals surface area contributed by atoms with Gasteiger partial charge in [0.2, 0.25) is 0 Å². The maximum atomic E-state index is 16.5. The number of hydrogen-bond donors (Lipinski definition) is 0. The number of nitrogens with zero attached hydrogens (tertiary/aromatic N) is 1. The highest BCUT2D eigenvalue weighted by Gasteiger charge is 2.34. The summed E-state index contributed by atoms with van der Waals surface area (Å²) in [5.74, 6) is 0. The Balaban J connectivity index is 1.39. The largest absolute Gasteiger partial charge is 0.309 e. The van der Waals surface area contributed by atoms with Gasteiger partial charge in [0.15, 0.2) is 7.14 Å². The number of aromatic nitrogens is 1. The van der Waals surface area contributed by atoms with Crippen molar-refractivity contribution in [2.24, 2.45) is 0 Å². The second-order valence-electron chi connectivity index (χ2n) is 11.9. The molecule has 3 heteroatoms. The zero-order valence-corrected chi connectivity index (χ0v) is 24.6. The predicted molar refractivity (Wildman–Crippen MR) is 189 cm³/mol. The van der Waals surface area contributed by atoms with E-state index in [-0.39, 0.29) is 0 Å². The van der Waals surface area contributed by atoms with Crippen LogP contribution in [0.5, 0.6) is 0 Å². The zero-order chi connectivity index (χ0) is 29.0. The van der Waals surface area contributed by atoms with E-state index in [2.05, 4.69) is 126 Å². The molecule has 1 heterocycles. The Morgan fingerprint density at radius 3 is 1.41 bits per heavy atom. The minimum absolute atomic E-state index is 0.822. The van der Waals surface area contributed by atoms with Gasteiger partial charge in [-0.05, 0) is 101 Å². The van der Waals surface area contributed by atoms with E-state index in [1.807, 2.05) is 24.4 Å². The summed E-state index contributed by atoms with van der Waals surface area (Å²) in [6.07, 6.45) is 1.81. The smallest absolute Gasteiger partial charge is 0.172 e. The van der Waals surface area contributed by atoms with Crippen LogP contribution < -0.4 is 15.9 Å². The van der Waals surface area contributed by atoms with Crippen molar-refractivity contribution >= 4 is 98.6 Å². The number of pyridine rings is 1. The van der Waals surface area contributed by atoms with Gasteiger partial charge in [-0.2, -0.15) is 0 Å². The van der Waals surface area contributed by atoms with Gasteiger partial charge in [-0.15, -0.1) is 0 Å². The number of hydrogen-bond acceptors (Lipinski definition) is 2. The highest BCUT2D eigenvalue weighted by Crippen LogP contribution is 2.49. The first kappa shape index (κ1) is 24.2. The molecule has 0 radical (unpaired) electrons. The Labute approximate surface area is 253 Å². The molecule has 0 atom stereocenters. The molecule has 10 aromatic rings. The van der Waals surface area contributed by atoms with Crippen molar-refractivity contribution in [2.75, 3.05) is 0 Å². The number of rotatable bonds is 3. The lowest BCUT2D eigenvalue weighted by atomic mass is 9.94. The minimum atomic E-state index is -3.43. The van der Waals surface area contributed by atoms with Crippen LogP contribution in [0.15, 0.2) is 146 Å². The van der Waals surface area contributed by atoms with Crippen LogP contribution in [0.25, 0.3) is 75.5 Å². The van der Waals surface area contributed by atoms with Gasteiger partial charge in [-0.25, -0.2) is 0 Å². The van der Waals surface area contributed by atoms with Gasteiger partial charge in [-0.3, -0.25) is 4.98 Å². The van der Waals surface area contributed by atoms with Crippen molar-refractivity contribution in [3.05, 3.63) is 146 Å². The molecule has 0 aliphatic heterocycles. The average molecular weight is 578 g/mol. The molecule has 0 aliphatic carbocycles. The van der Waals surface area contributed by atoms with Crippen molar-refractivity contribution in [1.29, 1.82) is 0 Å². The maximum absolute atomic E-state index is 16.5. The molecule has 9 aromatic carbocycles. The summed E-state index contributed by atoms with van der Waals surface area (Å²) in [4.78, 5) is 4.57. The fourth-order valence-corrected chi connectivity index (χ4v) is 10.7. The molecular weight excluding hydrogens is 553 g/mol. The molecule has 0 saturated heterocycles. The highest BCUT2D eigenvalue weighted by molar-refractivity contribution is 7.86. The number of fused-ring (bicyclic) bond motifs is 1. The average Bonchev–Trinajstić information content (AvgIpc) is 3.09. The molecule has 1 aromatic heterocycles. The quantitative estimate of drug-likeness (QED) is 0.155. The molecule has 10 rings (SSSR count). The SMILES string of the molecule is O=P(c1ccc2ncccc2c1)(c1ccc2ccc3cccc4ccc1c2c34)c1ccc2ccc3cccc4ccc1c2c34. The Morgan fingerprint density at radius 1 is 0.409 bits per heavy atom. The van der Waals surface area contributed by atoms with Gasteiger partial charge in [0.25, 0.3) is 0 Å². The first-order valence-electron chi connectivity index (χ1n) is 15.0. The van der Waals surface area contributed by atoms with Gasteiger partial charge in [0, 0.05) is 27.5 Å². The van der Waals surface area contributed by atoms with Crippen molar-refractivity contribution in [2.45, 2.75) is 0 Å². The highest BCUT2D eigenvalue weighted by atomic mass is 31.2. The van der Waals surface area contributed by atoms with Crippen LogP contribution in [0.3, 0.4) is 0 Å². The van der Waals surface area contributed by atoms with E-state index < -0.39 is 7.14 Å². The molecule has 204 valence electrons. The molecule has 0 amide bonds. The van der Waals surface area contributed by atoms with E-state index in [0.29, 0.717) is 0 Å². The van der Waals surface area contributed by atoms with Crippen LogP contribution in [0, 0.1) is 0 Å². The van der Waals surface area contributed by atoms with Crippen LogP contribution >= 0.6 is 7.14 Å². The van der Waals surface area contributed by atoms with Crippen LogP contribution in [0.1, 0.15) is 0 Å². The zero-order valence-electron chi connectivity index (χ0n) is 23.7. The summed E-state index contributed by atoms with van der Waals surface area (Å²) in [6.45, 7) is 0. The molecule has 0 fully saturated rings. The van der Waals surface area contributed by atoms with Gasteiger partial charge < -0.3 is 4.57 Å². The third-order valence-corrected chi connectivity index (χ3v) is 12.8. The molecule has 0 bridgehead atoms. The van der Waals surface area contributed by atoms with Gasteiger partial charge >= 0.3 is 0 Å². The maximum Gasteiger partial charge on any atom is 0.172 e. The molecule has 0 saturated carbocycles. The van der Waals surface area contributed by atoms with E-state index in [1.54, 1.807) is 0 Å². The normalized spacial score (nSPS) is 12.6. The predicted octanol–water partition coefficient (Wildman–Crippen LogP) is 9.67. The summed E-state index contributed by atoms with van der Waals surface area (Å²) in [7, 11) is -3.43. The summed E-state index contributed by atoms with van der Waals surface area (Å²) in [6, 6.07) is 49.1. The first-order chi connectivity index (χ1) is 21.7. The molecule has 2 nitrogen and oxygen atoms in total. The third kappa shape index (κ3) is 3.11. The molecule has 0 unspecified atom stereocenters. The monoisotopic (exact) mass is 577 g/mol. The van der Waals surface area contributed by atoms with E-state index in [9.17, 15) is 0 Å². The van der Waals surface area contributed by atoms with Crippen LogP contribution in [-0.2, 0) is 4.57 Å². The van der Waals surface area contributed by atoms with E-state index in [0.717, 1.165) is 48.4 Å². The molecule has 44 heavy (non-hydrogen) atoms. The Kier molecular flexibility index (Phi) is 4.74. The minimum Gasteiger partial charge on any atom is -0.309 e. The number of benzene rings is 9. The first-order valence-corrected chi connectivity index (χ1v) is 16.7. The van der Waals surface area contributed by atoms with Crippen molar-refractivity contribution in [3.8, 4) is 0 Å². The standard InChI is InChI=1S/C41H24NOP/c43-44(32-17-20-35-31(24-32)8-3-23-42-35,36-21-15-29-11-9-25-4-1-6-27-13-18-33(36)40(29)38(25)27)37-22-16-30-12-10-26-5-2-7-28-14-19-34(37)41(30)39(26)28/h1-24H.